The van der Waals surface area contributed by atoms with E-state index >= 15 is 0 Å². The third kappa shape index (κ3) is 4.61. The smallest absolute Gasteiger partial charge is 0.170 e. The van der Waals surface area contributed by atoms with E-state index in [9.17, 15) is 0 Å². The number of aryl methyl sites for hydroxylation is 2. The van der Waals surface area contributed by atoms with Gasteiger partial charge in [-0.3, -0.25) is 4.68 Å². The number of rotatable bonds is 5. The van der Waals surface area contributed by atoms with Crippen LogP contribution in [0.15, 0.2) is 41.0 Å². The van der Waals surface area contributed by atoms with Gasteiger partial charge in [-0.2, -0.15) is 5.10 Å². The van der Waals surface area contributed by atoms with Crippen LogP contribution in [0, 0.1) is 6.92 Å². The number of hydrogen-bond acceptors (Lipinski definition) is 2. The molecule has 2 aromatic rings. The summed E-state index contributed by atoms with van der Waals surface area (Å²) < 4.78 is 3.05. The van der Waals surface area contributed by atoms with E-state index in [4.69, 9.17) is 12.2 Å². The van der Waals surface area contributed by atoms with E-state index in [2.05, 4.69) is 38.6 Å². The maximum Gasteiger partial charge on any atom is 0.170 e. The van der Waals surface area contributed by atoms with Crippen molar-refractivity contribution in [3.8, 4) is 0 Å². The summed E-state index contributed by atoms with van der Waals surface area (Å²) in [7, 11) is 0. The summed E-state index contributed by atoms with van der Waals surface area (Å²) in [6.45, 7) is 3.77. The highest BCUT2D eigenvalue weighted by atomic mass is 79.9. The molecule has 1 aromatic heterocycles. The van der Waals surface area contributed by atoms with Crippen molar-refractivity contribution in [1.82, 2.24) is 15.1 Å². The predicted molar refractivity (Wildman–Crippen MR) is 89.9 cm³/mol. The lowest BCUT2D eigenvalue weighted by molar-refractivity contribution is 0.561. The van der Waals surface area contributed by atoms with E-state index in [-0.39, 0.29) is 0 Å². The molecule has 4 nitrogen and oxygen atoms in total. The Hall–Kier alpha value is -1.40. The predicted octanol–water partition coefficient (Wildman–Crippen LogP) is 3.33. The van der Waals surface area contributed by atoms with Crippen LogP contribution < -0.4 is 10.6 Å². The Kier molecular flexibility index (Phi) is 5.55. The summed E-state index contributed by atoms with van der Waals surface area (Å²) in [5.41, 5.74) is 2.16. The summed E-state index contributed by atoms with van der Waals surface area (Å²) in [4.78, 5) is 0. The molecule has 0 unspecified atom stereocenters. The third-order valence-corrected chi connectivity index (χ3v) is 3.64. The van der Waals surface area contributed by atoms with Gasteiger partial charge >= 0.3 is 0 Å². The molecule has 0 saturated carbocycles. The molecule has 0 aliphatic carbocycles. The zero-order chi connectivity index (χ0) is 14.4. The minimum atomic E-state index is 0.643. The summed E-state index contributed by atoms with van der Waals surface area (Å²) in [6.07, 6.45) is 2.80. The van der Waals surface area contributed by atoms with Crippen LogP contribution in [0.2, 0.25) is 0 Å². The van der Waals surface area contributed by atoms with Crippen molar-refractivity contribution >= 4 is 38.9 Å². The van der Waals surface area contributed by atoms with Crippen LogP contribution in [0.5, 0.6) is 0 Å². The molecule has 6 heteroatoms. The first-order chi connectivity index (χ1) is 9.65. The molecular formula is C14H17BrN4S. The Morgan fingerprint density at radius 2 is 2.05 bits per heavy atom. The summed E-state index contributed by atoms with van der Waals surface area (Å²) in [5.74, 6) is 0. The first-order valence-electron chi connectivity index (χ1n) is 6.44. The summed E-state index contributed by atoms with van der Waals surface area (Å²) in [5, 5.41) is 11.2. The lowest BCUT2D eigenvalue weighted by Crippen LogP contribution is -2.29. The number of hydrogen-bond donors (Lipinski definition) is 2. The van der Waals surface area contributed by atoms with E-state index in [0.29, 0.717) is 5.11 Å². The third-order valence-electron chi connectivity index (χ3n) is 2.86. The van der Waals surface area contributed by atoms with Crippen LogP contribution in [0.4, 0.5) is 5.69 Å². The molecule has 0 saturated heterocycles. The highest BCUT2D eigenvalue weighted by molar-refractivity contribution is 9.10. The van der Waals surface area contributed by atoms with Crippen molar-refractivity contribution in [3.63, 3.8) is 0 Å². The minimum absolute atomic E-state index is 0.643. The van der Waals surface area contributed by atoms with Gasteiger partial charge in [-0.1, -0.05) is 15.9 Å². The highest BCUT2D eigenvalue weighted by Gasteiger charge is 1.99. The van der Waals surface area contributed by atoms with Crippen molar-refractivity contribution in [1.29, 1.82) is 0 Å². The van der Waals surface area contributed by atoms with E-state index in [0.717, 1.165) is 29.7 Å². The zero-order valence-electron chi connectivity index (χ0n) is 11.3. The number of nitrogens with zero attached hydrogens (tertiary/aromatic N) is 2. The molecule has 0 radical (unpaired) electrons. The number of halogens is 1. The molecular weight excluding hydrogens is 336 g/mol. The SMILES string of the molecule is Cc1ccnn1CCCNC(=S)Nc1ccc(Br)cc1. The number of benzene rings is 1. The molecule has 0 amide bonds. The first-order valence-corrected chi connectivity index (χ1v) is 7.64. The van der Waals surface area contributed by atoms with Crippen molar-refractivity contribution in [3.05, 3.63) is 46.7 Å². The fourth-order valence-electron chi connectivity index (χ4n) is 1.77. The highest BCUT2D eigenvalue weighted by Crippen LogP contribution is 2.13. The zero-order valence-corrected chi connectivity index (χ0v) is 13.7. The standard InChI is InChI=1S/C14H17BrN4S/c1-11-7-9-17-19(11)10-2-8-16-14(20)18-13-5-3-12(15)4-6-13/h3-7,9H,2,8,10H2,1H3,(H2,16,18,20). The van der Waals surface area contributed by atoms with Crippen LogP contribution in [0.3, 0.4) is 0 Å². The summed E-state index contributed by atoms with van der Waals surface area (Å²) in [6, 6.07) is 9.92. The molecule has 106 valence electrons. The number of thiocarbonyl (C=S) groups is 1. The van der Waals surface area contributed by atoms with Gasteiger partial charge < -0.3 is 10.6 Å². The normalized spacial score (nSPS) is 10.3. The van der Waals surface area contributed by atoms with Crippen LogP contribution in [0.25, 0.3) is 0 Å². The molecule has 1 heterocycles. The quantitative estimate of drug-likeness (QED) is 0.639. The lowest BCUT2D eigenvalue weighted by Gasteiger charge is -2.11. The Bertz CT molecular complexity index is 565. The van der Waals surface area contributed by atoms with Gasteiger partial charge in [0.15, 0.2) is 5.11 Å². The molecule has 2 rings (SSSR count). The lowest BCUT2D eigenvalue weighted by atomic mass is 10.3. The second kappa shape index (κ2) is 7.40. The topological polar surface area (TPSA) is 41.9 Å². The van der Waals surface area contributed by atoms with Crippen molar-refractivity contribution in [2.45, 2.75) is 19.9 Å². The Morgan fingerprint density at radius 1 is 1.30 bits per heavy atom. The monoisotopic (exact) mass is 352 g/mol. The minimum Gasteiger partial charge on any atom is -0.362 e. The maximum absolute atomic E-state index is 5.25. The second-order valence-electron chi connectivity index (χ2n) is 4.44. The maximum atomic E-state index is 5.25. The van der Waals surface area contributed by atoms with Crippen LogP contribution in [-0.4, -0.2) is 21.4 Å². The molecule has 0 atom stereocenters. The van der Waals surface area contributed by atoms with Crippen LogP contribution in [0.1, 0.15) is 12.1 Å². The van der Waals surface area contributed by atoms with Crippen molar-refractivity contribution in [2.24, 2.45) is 0 Å². The van der Waals surface area contributed by atoms with Gasteiger partial charge in [-0.15, -0.1) is 0 Å². The number of nitrogens with one attached hydrogen (secondary N) is 2. The Balaban J connectivity index is 1.68. The van der Waals surface area contributed by atoms with Gasteiger partial charge in [0.2, 0.25) is 0 Å². The number of aromatic nitrogens is 2. The molecule has 0 fully saturated rings. The summed E-state index contributed by atoms with van der Waals surface area (Å²) >= 11 is 8.65. The number of anilines is 1. The van der Waals surface area contributed by atoms with Gasteiger partial charge in [0.05, 0.1) is 0 Å². The first kappa shape index (κ1) is 15.0. The second-order valence-corrected chi connectivity index (χ2v) is 5.76. The Labute approximate surface area is 132 Å². The molecule has 1 aromatic carbocycles. The average molecular weight is 353 g/mol. The largest absolute Gasteiger partial charge is 0.362 e. The van der Waals surface area contributed by atoms with Gasteiger partial charge in [-0.25, -0.2) is 0 Å². The molecule has 0 spiro atoms. The Morgan fingerprint density at radius 3 is 2.70 bits per heavy atom. The van der Waals surface area contributed by atoms with Gasteiger partial charge in [0, 0.05) is 35.1 Å². The molecule has 0 aliphatic rings. The fraction of sp³-hybridized carbons (Fsp3) is 0.286. The van der Waals surface area contributed by atoms with Crippen molar-refractivity contribution in [2.75, 3.05) is 11.9 Å². The van der Waals surface area contributed by atoms with E-state index in [1.54, 1.807) is 0 Å². The van der Waals surface area contributed by atoms with Crippen LogP contribution >= 0.6 is 28.1 Å². The van der Waals surface area contributed by atoms with Gasteiger partial charge in [-0.05, 0) is 55.9 Å². The van der Waals surface area contributed by atoms with Gasteiger partial charge in [0.1, 0.15) is 0 Å². The van der Waals surface area contributed by atoms with E-state index in [1.807, 2.05) is 41.2 Å². The van der Waals surface area contributed by atoms with Crippen LogP contribution in [-0.2, 0) is 6.54 Å². The molecule has 20 heavy (non-hydrogen) atoms. The van der Waals surface area contributed by atoms with E-state index < -0.39 is 0 Å². The average Bonchev–Trinajstić information content (AvgIpc) is 2.83. The van der Waals surface area contributed by atoms with Gasteiger partial charge in [0.25, 0.3) is 0 Å². The molecule has 2 N–H and O–H groups in total. The fourth-order valence-corrected chi connectivity index (χ4v) is 2.26. The van der Waals surface area contributed by atoms with E-state index in [1.165, 1.54) is 5.69 Å². The molecule has 0 aliphatic heterocycles. The van der Waals surface area contributed by atoms with Crippen molar-refractivity contribution < 1.29 is 0 Å². The molecule has 0 bridgehead atoms.